The maximum Gasteiger partial charge on any atom is 0.335 e. The number of hydrogen-bond donors (Lipinski definition) is 1. The number of nitrogens with one attached hydrogen (secondary N) is 1. The lowest BCUT2D eigenvalue weighted by molar-refractivity contribution is -0.387. The SMILES string of the molecule is O=C1NC(=O)N(c2ccccc2)C(=O)/C1=C/c1ccc(Sc2nc3ccc(N4C(=O)[C@@H]5CCCC[C@H]5C4=O)cc3s2)c([N+](=O)[O-])c1. The molecule has 1 aromatic heterocycles. The van der Waals surface area contributed by atoms with E-state index in [4.69, 9.17) is 0 Å². The number of anilines is 2. The molecule has 7 rings (SSSR count). The molecule has 1 aliphatic carbocycles. The molecule has 230 valence electrons. The molecule has 3 aliphatic rings. The number of urea groups is 1. The molecule has 3 aromatic carbocycles. The van der Waals surface area contributed by atoms with E-state index in [0.717, 1.165) is 47.0 Å². The number of rotatable bonds is 6. The van der Waals surface area contributed by atoms with E-state index in [1.807, 2.05) is 0 Å². The first-order chi connectivity index (χ1) is 22.2. The number of aromatic nitrogens is 1. The van der Waals surface area contributed by atoms with Crippen LogP contribution in [0.5, 0.6) is 0 Å². The molecular weight excluding hydrogens is 631 g/mol. The van der Waals surface area contributed by atoms with Crippen molar-refractivity contribution >= 4 is 86.1 Å². The summed E-state index contributed by atoms with van der Waals surface area (Å²) in [5, 5.41) is 14.2. The maximum atomic E-state index is 13.2. The van der Waals surface area contributed by atoms with Crippen molar-refractivity contribution in [1.29, 1.82) is 0 Å². The van der Waals surface area contributed by atoms with Gasteiger partial charge in [-0.15, -0.1) is 11.3 Å². The zero-order valence-electron chi connectivity index (χ0n) is 23.9. The van der Waals surface area contributed by atoms with E-state index in [0.29, 0.717) is 15.5 Å². The summed E-state index contributed by atoms with van der Waals surface area (Å²) in [6.07, 6.45) is 4.53. The smallest absolute Gasteiger partial charge is 0.274 e. The van der Waals surface area contributed by atoms with Crippen LogP contribution < -0.4 is 15.1 Å². The van der Waals surface area contributed by atoms with Gasteiger partial charge in [-0.3, -0.25) is 39.5 Å². The number of thiazole rings is 1. The molecule has 2 atom stereocenters. The van der Waals surface area contributed by atoms with Crippen molar-refractivity contribution in [3.8, 4) is 0 Å². The Morgan fingerprint density at radius 1 is 0.891 bits per heavy atom. The van der Waals surface area contributed by atoms with Gasteiger partial charge in [-0.25, -0.2) is 14.7 Å². The monoisotopic (exact) mass is 653 g/mol. The number of nitro groups is 1. The van der Waals surface area contributed by atoms with Crippen molar-refractivity contribution in [3.05, 3.63) is 88.0 Å². The van der Waals surface area contributed by atoms with Gasteiger partial charge in [-0.2, -0.15) is 0 Å². The van der Waals surface area contributed by atoms with Gasteiger partial charge in [0, 0.05) is 6.07 Å². The number of barbiturate groups is 1. The average molecular weight is 654 g/mol. The Hall–Kier alpha value is -5.21. The number of fused-ring (bicyclic) bond motifs is 2. The third-order valence-corrected chi connectivity index (χ3v) is 10.4. The van der Waals surface area contributed by atoms with E-state index >= 15 is 0 Å². The van der Waals surface area contributed by atoms with Crippen LogP contribution in [0.15, 0.2) is 81.5 Å². The summed E-state index contributed by atoms with van der Waals surface area (Å²) in [5.74, 6) is -2.62. The number of para-hydroxylation sites is 1. The molecule has 1 N–H and O–H groups in total. The molecule has 6 amide bonds. The fraction of sp³-hybridized carbons (Fsp3) is 0.188. The highest BCUT2D eigenvalue weighted by Crippen LogP contribution is 2.43. The van der Waals surface area contributed by atoms with Crippen molar-refractivity contribution < 1.29 is 28.9 Å². The zero-order valence-corrected chi connectivity index (χ0v) is 25.5. The van der Waals surface area contributed by atoms with E-state index in [9.17, 15) is 34.1 Å². The molecule has 3 fully saturated rings. The highest BCUT2D eigenvalue weighted by molar-refractivity contribution is 8.01. The molecule has 12 nitrogen and oxygen atoms in total. The second-order valence-corrected chi connectivity index (χ2v) is 13.3. The fourth-order valence-electron chi connectivity index (χ4n) is 6.07. The van der Waals surface area contributed by atoms with Crippen molar-refractivity contribution in [2.45, 2.75) is 34.9 Å². The number of benzene rings is 3. The van der Waals surface area contributed by atoms with Crippen molar-refractivity contribution in [2.75, 3.05) is 9.80 Å². The van der Waals surface area contributed by atoms with E-state index in [1.54, 1.807) is 48.5 Å². The van der Waals surface area contributed by atoms with E-state index in [-0.39, 0.29) is 51.1 Å². The molecule has 0 spiro atoms. The standard InChI is InChI=1S/C32H23N5O7S2/c38-27-22(30(41)36(31(42)34-27)18-6-2-1-3-7-18)14-17-10-13-25(24(15-17)37(43)44)45-32-33-23-12-11-19(16-26(23)46-32)35-28(39)20-8-4-5-9-21(20)29(35)40/h1-3,6-7,10-16,20-21H,4-5,8-9H2,(H,34,38,42)/b22-14+/t20-,21-/m1/s1. The van der Waals surface area contributed by atoms with Crippen LogP contribution in [-0.4, -0.2) is 39.6 Å². The summed E-state index contributed by atoms with van der Waals surface area (Å²) in [6.45, 7) is 0. The van der Waals surface area contributed by atoms with E-state index < -0.39 is 22.8 Å². The minimum absolute atomic E-state index is 0.161. The molecule has 14 heteroatoms. The van der Waals surface area contributed by atoms with Gasteiger partial charge in [0.15, 0.2) is 4.34 Å². The van der Waals surface area contributed by atoms with Crippen LogP contribution in [0.25, 0.3) is 16.3 Å². The molecule has 0 unspecified atom stereocenters. The molecule has 46 heavy (non-hydrogen) atoms. The van der Waals surface area contributed by atoms with Gasteiger partial charge >= 0.3 is 6.03 Å². The first-order valence-corrected chi connectivity index (χ1v) is 16.0. The van der Waals surface area contributed by atoms with Crippen LogP contribution in [0.1, 0.15) is 31.2 Å². The summed E-state index contributed by atoms with van der Waals surface area (Å²) in [6, 6.07) is 16.6. The van der Waals surface area contributed by atoms with Crippen LogP contribution in [0.2, 0.25) is 0 Å². The lowest BCUT2D eigenvalue weighted by Crippen LogP contribution is -2.54. The van der Waals surface area contributed by atoms with Crippen LogP contribution in [0.4, 0.5) is 21.9 Å². The molecule has 4 aromatic rings. The topological polar surface area (TPSA) is 160 Å². The van der Waals surface area contributed by atoms with Crippen molar-refractivity contribution in [1.82, 2.24) is 10.3 Å². The molecule has 2 aliphatic heterocycles. The predicted octanol–water partition coefficient (Wildman–Crippen LogP) is 5.70. The molecule has 1 saturated carbocycles. The largest absolute Gasteiger partial charge is 0.335 e. The van der Waals surface area contributed by atoms with E-state index in [1.165, 1.54) is 40.5 Å². The van der Waals surface area contributed by atoms with Crippen LogP contribution in [0.3, 0.4) is 0 Å². The summed E-state index contributed by atoms with van der Waals surface area (Å²) in [4.78, 5) is 82.8. The van der Waals surface area contributed by atoms with Crippen LogP contribution >= 0.6 is 23.1 Å². The number of nitro benzene ring substituents is 1. The second kappa shape index (κ2) is 11.6. The number of carbonyl (C=O) groups is 5. The summed E-state index contributed by atoms with van der Waals surface area (Å²) in [5.41, 5.74) is 0.974. The Balaban J connectivity index is 1.15. The Morgan fingerprint density at radius 2 is 1.61 bits per heavy atom. The van der Waals surface area contributed by atoms with Gasteiger partial charge in [0.2, 0.25) is 11.8 Å². The van der Waals surface area contributed by atoms with Gasteiger partial charge < -0.3 is 0 Å². The number of carbonyl (C=O) groups excluding carboxylic acids is 5. The maximum absolute atomic E-state index is 13.2. The molecule has 0 bridgehead atoms. The minimum atomic E-state index is -0.909. The van der Waals surface area contributed by atoms with Gasteiger partial charge in [0.05, 0.1) is 43.2 Å². The molecule has 3 heterocycles. The Morgan fingerprint density at radius 3 is 2.30 bits per heavy atom. The third kappa shape index (κ3) is 5.14. The van der Waals surface area contributed by atoms with Crippen LogP contribution in [0, 0.1) is 22.0 Å². The Kier molecular flexibility index (Phi) is 7.45. The number of imide groups is 3. The van der Waals surface area contributed by atoms with Crippen molar-refractivity contribution in [2.24, 2.45) is 11.8 Å². The van der Waals surface area contributed by atoms with Gasteiger partial charge in [0.25, 0.3) is 17.5 Å². The Labute approximate surface area is 269 Å². The van der Waals surface area contributed by atoms with Gasteiger partial charge in [-0.05, 0) is 60.9 Å². The van der Waals surface area contributed by atoms with Crippen LogP contribution in [-0.2, 0) is 19.2 Å². The van der Waals surface area contributed by atoms with Gasteiger partial charge in [-0.1, -0.05) is 48.9 Å². The lowest BCUT2D eigenvalue weighted by atomic mass is 9.81. The number of nitrogens with zero attached hydrogens (tertiary/aromatic N) is 4. The number of hydrogen-bond acceptors (Lipinski definition) is 10. The third-order valence-electron chi connectivity index (χ3n) is 8.26. The summed E-state index contributed by atoms with van der Waals surface area (Å²) < 4.78 is 1.23. The van der Waals surface area contributed by atoms with E-state index in [2.05, 4.69) is 10.3 Å². The normalized spacial score (nSPS) is 20.9. The quantitative estimate of drug-likeness (QED) is 0.0905. The fourth-order valence-corrected chi connectivity index (χ4v) is 8.22. The zero-order chi connectivity index (χ0) is 32.1. The minimum Gasteiger partial charge on any atom is -0.274 e. The first kappa shape index (κ1) is 29.5. The molecular formula is C32H23N5O7S2. The summed E-state index contributed by atoms with van der Waals surface area (Å²) in [7, 11) is 0. The highest BCUT2D eigenvalue weighted by atomic mass is 32.2. The Bertz CT molecular complexity index is 2000. The average Bonchev–Trinajstić information content (AvgIpc) is 3.56. The highest BCUT2D eigenvalue weighted by Gasteiger charge is 2.48. The summed E-state index contributed by atoms with van der Waals surface area (Å²) >= 11 is 2.35. The lowest BCUT2D eigenvalue weighted by Gasteiger charge is -2.26. The number of amides is 6. The molecule has 2 saturated heterocycles. The molecule has 0 radical (unpaired) electrons. The predicted molar refractivity (Wildman–Crippen MR) is 170 cm³/mol. The van der Waals surface area contributed by atoms with Crippen molar-refractivity contribution in [3.63, 3.8) is 0 Å². The second-order valence-electron chi connectivity index (χ2n) is 11.0. The first-order valence-electron chi connectivity index (χ1n) is 14.4. The van der Waals surface area contributed by atoms with Gasteiger partial charge in [0.1, 0.15) is 5.57 Å².